The van der Waals surface area contributed by atoms with E-state index in [4.69, 9.17) is 10.5 Å². The van der Waals surface area contributed by atoms with Gasteiger partial charge in [-0.2, -0.15) is 10.5 Å². The van der Waals surface area contributed by atoms with Crippen LogP contribution >= 0.6 is 11.8 Å². The van der Waals surface area contributed by atoms with E-state index in [1.54, 1.807) is 0 Å². The van der Waals surface area contributed by atoms with Crippen molar-refractivity contribution in [3.05, 3.63) is 35.4 Å². The minimum absolute atomic E-state index is 0.162. The molecular weight excluding hydrogens is 230 g/mol. The Hall–Kier alpha value is -1.91. The summed E-state index contributed by atoms with van der Waals surface area (Å²) in [5.41, 5.74) is 2.15. The van der Waals surface area contributed by atoms with Crippen molar-refractivity contribution >= 4 is 22.4 Å². The average Bonchev–Trinajstić information content (AvgIpc) is 2.36. The van der Waals surface area contributed by atoms with Crippen LogP contribution in [0.25, 0.3) is 4.91 Å². The predicted octanol–water partition coefficient (Wildman–Crippen LogP) is 2.87. The van der Waals surface area contributed by atoms with Crippen LogP contribution in [-0.4, -0.2) is 20.4 Å². The van der Waals surface area contributed by atoms with Gasteiger partial charge in [0.05, 0.1) is 0 Å². The maximum absolute atomic E-state index is 8.88. The predicted molar refractivity (Wildman–Crippen MR) is 72.4 cm³/mol. The smallest absolute Gasteiger partial charge is 0.143 e. The summed E-state index contributed by atoms with van der Waals surface area (Å²) in [7, 11) is 3.94. The number of rotatable bonds is 3. The highest BCUT2D eigenvalue weighted by Crippen LogP contribution is 2.29. The zero-order valence-corrected chi connectivity index (χ0v) is 10.9. The molecule has 0 spiro atoms. The maximum atomic E-state index is 8.88. The van der Waals surface area contributed by atoms with Crippen molar-refractivity contribution in [1.29, 1.82) is 10.5 Å². The Kier molecular flexibility index (Phi) is 4.63. The summed E-state index contributed by atoms with van der Waals surface area (Å²) in [6, 6.07) is 11.6. The van der Waals surface area contributed by atoms with Gasteiger partial charge >= 0.3 is 0 Å². The van der Waals surface area contributed by atoms with E-state index in [-0.39, 0.29) is 5.57 Å². The van der Waals surface area contributed by atoms with E-state index in [0.717, 1.165) is 16.2 Å². The Morgan fingerprint density at radius 2 is 1.65 bits per heavy atom. The van der Waals surface area contributed by atoms with Gasteiger partial charge in [-0.3, -0.25) is 0 Å². The molecule has 0 aliphatic heterocycles. The number of hydrogen-bond donors (Lipinski definition) is 0. The number of anilines is 1. The summed E-state index contributed by atoms with van der Waals surface area (Å²) in [4.78, 5) is 2.72. The number of allylic oxidation sites excluding steroid dienone is 1. The summed E-state index contributed by atoms with van der Waals surface area (Å²) in [5, 5.41) is 17.8. The fraction of sp³-hybridized carbons (Fsp3) is 0.231. The molecule has 0 amide bonds. The van der Waals surface area contributed by atoms with Gasteiger partial charge in [-0.1, -0.05) is 12.1 Å². The highest BCUT2D eigenvalue weighted by Gasteiger charge is 2.08. The van der Waals surface area contributed by atoms with Crippen molar-refractivity contribution in [2.75, 3.05) is 25.3 Å². The largest absolute Gasteiger partial charge is 0.378 e. The molecule has 0 aliphatic carbocycles. The molecule has 0 bridgehead atoms. The summed E-state index contributed by atoms with van der Waals surface area (Å²) in [5.74, 6) is 0. The van der Waals surface area contributed by atoms with Gasteiger partial charge in [0.2, 0.25) is 0 Å². The van der Waals surface area contributed by atoms with Gasteiger partial charge in [0.25, 0.3) is 0 Å². The van der Waals surface area contributed by atoms with Gasteiger partial charge in [-0.05, 0) is 24.0 Å². The van der Waals surface area contributed by atoms with Gasteiger partial charge < -0.3 is 4.90 Å². The third-order valence-electron chi connectivity index (χ3n) is 2.30. The Morgan fingerprint density at radius 3 is 2.00 bits per heavy atom. The normalized spacial score (nSPS) is 9.00. The number of nitrogens with zero attached hydrogens (tertiary/aromatic N) is 3. The third kappa shape index (κ3) is 3.03. The van der Waals surface area contributed by atoms with E-state index in [1.165, 1.54) is 11.8 Å². The lowest BCUT2D eigenvalue weighted by atomic mass is 10.1. The molecule has 0 aliphatic rings. The van der Waals surface area contributed by atoms with Crippen molar-refractivity contribution in [3.8, 4) is 12.1 Å². The molecule has 4 heteroatoms. The minimum atomic E-state index is 0.162. The van der Waals surface area contributed by atoms with E-state index in [0.29, 0.717) is 0 Å². The molecule has 1 aromatic rings. The molecule has 0 heterocycles. The van der Waals surface area contributed by atoms with E-state index in [1.807, 2.05) is 61.7 Å². The molecule has 0 saturated carbocycles. The molecule has 0 fully saturated rings. The monoisotopic (exact) mass is 243 g/mol. The van der Waals surface area contributed by atoms with E-state index >= 15 is 0 Å². The number of benzene rings is 1. The van der Waals surface area contributed by atoms with Crippen LogP contribution in [0.5, 0.6) is 0 Å². The van der Waals surface area contributed by atoms with Crippen LogP contribution in [0.4, 0.5) is 5.69 Å². The summed E-state index contributed by atoms with van der Waals surface area (Å²) in [6.45, 7) is 0. The Bertz CT molecular complexity index is 485. The zero-order valence-electron chi connectivity index (χ0n) is 10.1. The third-order valence-corrected chi connectivity index (χ3v) is 3.15. The van der Waals surface area contributed by atoms with Crippen LogP contribution in [-0.2, 0) is 0 Å². The zero-order chi connectivity index (χ0) is 12.8. The standard InChI is InChI=1S/C13H13N3S/c1-16(2)12-6-4-10(5-7-12)13(17-3)11(8-14)9-15/h4-7H,1-3H3. The number of nitriles is 2. The first-order valence-corrected chi connectivity index (χ1v) is 6.22. The lowest BCUT2D eigenvalue weighted by Gasteiger charge is -2.13. The summed E-state index contributed by atoms with van der Waals surface area (Å²) in [6.07, 6.45) is 1.86. The lowest BCUT2D eigenvalue weighted by molar-refractivity contribution is 1.13. The highest BCUT2D eigenvalue weighted by atomic mass is 32.2. The molecule has 0 saturated heterocycles. The summed E-state index contributed by atoms with van der Waals surface area (Å²) < 4.78 is 0. The number of thioether (sulfide) groups is 1. The molecule has 0 aromatic heterocycles. The van der Waals surface area contributed by atoms with Crippen LogP contribution in [0.2, 0.25) is 0 Å². The SMILES string of the molecule is CSC(=C(C#N)C#N)c1ccc(N(C)C)cc1. The van der Waals surface area contributed by atoms with Crippen LogP contribution in [0.1, 0.15) is 5.56 Å². The fourth-order valence-electron chi connectivity index (χ4n) is 1.40. The molecule has 86 valence electrons. The fourth-order valence-corrected chi connectivity index (χ4v) is 2.07. The van der Waals surface area contributed by atoms with Gasteiger partial charge in [0.1, 0.15) is 17.7 Å². The molecule has 1 aromatic carbocycles. The van der Waals surface area contributed by atoms with E-state index in [2.05, 4.69) is 0 Å². The lowest BCUT2D eigenvalue weighted by Crippen LogP contribution is -2.08. The minimum Gasteiger partial charge on any atom is -0.378 e. The van der Waals surface area contributed by atoms with Crippen molar-refractivity contribution in [1.82, 2.24) is 0 Å². The Labute approximate surface area is 106 Å². The first-order valence-electron chi connectivity index (χ1n) is 5.00. The quantitative estimate of drug-likeness (QED) is 0.766. The van der Waals surface area contributed by atoms with Crippen molar-refractivity contribution in [3.63, 3.8) is 0 Å². The molecule has 0 radical (unpaired) electrons. The maximum Gasteiger partial charge on any atom is 0.143 e. The second kappa shape index (κ2) is 5.98. The van der Waals surface area contributed by atoms with Crippen LogP contribution in [0.15, 0.2) is 29.8 Å². The first-order chi connectivity index (χ1) is 8.13. The molecule has 0 atom stereocenters. The highest BCUT2D eigenvalue weighted by molar-refractivity contribution is 8.07. The molecule has 17 heavy (non-hydrogen) atoms. The van der Waals surface area contributed by atoms with Gasteiger partial charge in [-0.15, -0.1) is 11.8 Å². The molecule has 0 N–H and O–H groups in total. The summed E-state index contributed by atoms with van der Waals surface area (Å²) >= 11 is 1.42. The Morgan fingerprint density at radius 1 is 1.12 bits per heavy atom. The molecule has 3 nitrogen and oxygen atoms in total. The van der Waals surface area contributed by atoms with Gasteiger partial charge in [0.15, 0.2) is 0 Å². The van der Waals surface area contributed by atoms with Crippen LogP contribution in [0.3, 0.4) is 0 Å². The van der Waals surface area contributed by atoms with E-state index < -0.39 is 0 Å². The van der Waals surface area contributed by atoms with Crippen molar-refractivity contribution in [2.24, 2.45) is 0 Å². The molecule has 0 unspecified atom stereocenters. The molecular formula is C13H13N3S. The van der Waals surface area contributed by atoms with Crippen LogP contribution < -0.4 is 4.90 Å². The number of hydrogen-bond acceptors (Lipinski definition) is 4. The molecule has 1 rings (SSSR count). The topological polar surface area (TPSA) is 50.8 Å². The second-order valence-electron chi connectivity index (χ2n) is 3.57. The Balaban J connectivity index is 3.21. The first kappa shape index (κ1) is 13.2. The van der Waals surface area contributed by atoms with Crippen molar-refractivity contribution in [2.45, 2.75) is 0 Å². The second-order valence-corrected chi connectivity index (χ2v) is 4.39. The van der Waals surface area contributed by atoms with Crippen LogP contribution in [0, 0.1) is 22.7 Å². The van der Waals surface area contributed by atoms with Gasteiger partial charge in [-0.25, -0.2) is 0 Å². The average molecular weight is 243 g/mol. The van der Waals surface area contributed by atoms with Crippen molar-refractivity contribution < 1.29 is 0 Å². The van der Waals surface area contributed by atoms with E-state index in [9.17, 15) is 0 Å². The van der Waals surface area contributed by atoms with Gasteiger partial charge in [0, 0.05) is 24.7 Å².